The lowest BCUT2D eigenvalue weighted by Crippen LogP contribution is -2.51. The number of rotatable bonds is 6. The summed E-state index contributed by atoms with van der Waals surface area (Å²) in [5.41, 5.74) is 2.45. The number of fused-ring (bicyclic) bond motifs is 1. The van der Waals surface area contributed by atoms with Crippen LogP contribution in [0.2, 0.25) is 0 Å². The Hall–Kier alpha value is -2.00. The number of ether oxygens (including phenoxy) is 2. The van der Waals surface area contributed by atoms with Crippen LogP contribution in [-0.4, -0.2) is 49.2 Å². The Morgan fingerprint density at radius 3 is 2.70 bits per heavy atom. The van der Waals surface area contributed by atoms with E-state index in [1.165, 1.54) is 5.56 Å². The van der Waals surface area contributed by atoms with Gasteiger partial charge in [0, 0.05) is 43.7 Å². The quantitative estimate of drug-likeness (QED) is 0.306. The molecule has 0 bridgehead atoms. The molecule has 7 heteroatoms. The molecule has 1 fully saturated rings. The van der Waals surface area contributed by atoms with Crippen LogP contribution in [0.25, 0.3) is 0 Å². The zero-order valence-electron chi connectivity index (χ0n) is 19.8. The molecule has 4 rings (SSSR count). The number of para-hydroxylation sites is 1. The molecule has 180 valence electrons. The van der Waals surface area contributed by atoms with E-state index < -0.39 is 0 Å². The summed E-state index contributed by atoms with van der Waals surface area (Å²) in [6.07, 6.45) is 3.12. The van der Waals surface area contributed by atoms with Crippen molar-refractivity contribution in [3.63, 3.8) is 0 Å². The molecule has 2 heterocycles. The minimum Gasteiger partial charge on any atom is -0.490 e. The van der Waals surface area contributed by atoms with E-state index in [4.69, 9.17) is 14.5 Å². The maximum absolute atomic E-state index is 5.96. The highest BCUT2D eigenvalue weighted by Gasteiger charge is 2.26. The molecule has 2 atom stereocenters. The predicted octanol–water partition coefficient (Wildman–Crippen LogP) is 4.57. The Bertz CT molecular complexity index is 893. The maximum Gasteiger partial charge on any atom is 0.191 e. The smallest absolute Gasteiger partial charge is 0.191 e. The van der Waals surface area contributed by atoms with Crippen LogP contribution < -0.4 is 20.1 Å². The Labute approximate surface area is 215 Å². The summed E-state index contributed by atoms with van der Waals surface area (Å²) >= 11 is 0. The summed E-state index contributed by atoms with van der Waals surface area (Å²) in [5.74, 6) is 2.54. The van der Waals surface area contributed by atoms with Crippen molar-refractivity contribution in [3.8, 4) is 11.5 Å². The van der Waals surface area contributed by atoms with E-state index in [-0.39, 0.29) is 24.0 Å². The number of nitrogens with zero attached hydrogens (tertiary/aromatic N) is 2. The molecule has 0 aliphatic carbocycles. The first-order valence-electron chi connectivity index (χ1n) is 11.9. The van der Waals surface area contributed by atoms with Crippen LogP contribution >= 0.6 is 24.0 Å². The monoisotopic (exact) mass is 564 g/mol. The fourth-order valence-electron chi connectivity index (χ4n) is 4.46. The summed E-state index contributed by atoms with van der Waals surface area (Å²) < 4.78 is 11.8. The second-order valence-corrected chi connectivity index (χ2v) is 8.66. The molecule has 2 aliphatic heterocycles. The first-order valence-corrected chi connectivity index (χ1v) is 11.9. The molecule has 0 aromatic heterocycles. The zero-order valence-corrected chi connectivity index (χ0v) is 22.1. The van der Waals surface area contributed by atoms with Gasteiger partial charge in [-0.1, -0.05) is 42.5 Å². The van der Waals surface area contributed by atoms with Gasteiger partial charge < -0.3 is 20.1 Å². The highest BCUT2D eigenvalue weighted by atomic mass is 127. The van der Waals surface area contributed by atoms with Gasteiger partial charge in [-0.25, -0.2) is 4.99 Å². The van der Waals surface area contributed by atoms with Crippen molar-refractivity contribution in [2.24, 2.45) is 4.99 Å². The van der Waals surface area contributed by atoms with E-state index >= 15 is 0 Å². The molecule has 0 saturated carbocycles. The molecule has 1 saturated heterocycles. The van der Waals surface area contributed by atoms with Crippen molar-refractivity contribution in [3.05, 3.63) is 59.7 Å². The average Bonchev–Trinajstić information content (AvgIpc) is 3.06. The van der Waals surface area contributed by atoms with E-state index in [1.807, 2.05) is 12.1 Å². The van der Waals surface area contributed by atoms with Gasteiger partial charge in [-0.2, -0.15) is 0 Å². The third-order valence-corrected chi connectivity index (χ3v) is 6.19. The van der Waals surface area contributed by atoms with Crippen LogP contribution in [0.4, 0.5) is 0 Å². The van der Waals surface area contributed by atoms with Gasteiger partial charge in [0.1, 0.15) is 0 Å². The molecule has 2 N–H and O–H groups in total. The summed E-state index contributed by atoms with van der Waals surface area (Å²) in [6.45, 7) is 9.32. The lowest BCUT2D eigenvalue weighted by atomic mass is 9.97. The molecule has 2 aromatic rings. The first-order chi connectivity index (χ1) is 15.7. The van der Waals surface area contributed by atoms with E-state index in [1.54, 1.807) is 0 Å². The van der Waals surface area contributed by atoms with E-state index in [2.05, 4.69) is 65.8 Å². The van der Waals surface area contributed by atoms with Crippen LogP contribution in [0.1, 0.15) is 44.2 Å². The van der Waals surface area contributed by atoms with Crippen LogP contribution in [0.5, 0.6) is 11.5 Å². The molecular weight excluding hydrogens is 527 g/mol. The van der Waals surface area contributed by atoms with Crippen LogP contribution in [-0.2, 0) is 13.1 Å². The standard InChI is InChI=1S/C26H36N4O2.HI/c1-3-27-26(28-18-22-11-7-12-24-25(22)32-16-8-15-31-24)29-23-13-14-30(20(2)17-23)19-21-9-5-4-6-10-21;/h4-7,9-12,20,23H,3,8,13-19H2,1-2H3,(H2,27,28,29);1H. The number of guanidine groups is 1. The number of hydrogen-bond donors (Lipinski definition) is 2. The average molecular weight is 565 g/mol. The van der Waals surface area contributed by atoms with Gasteiger partial charge in [-0.05, 0) is 38.3 Å². The van der Waals surface area contributed by atoms with Crippen molar-refractivity contribution in [1.82, 2.24) is 15.5 Å². The summed E-state index contributed by atoms with van der Waals surface area (Å²) in [6, 6.07) is 17.8. The molecular formula is C26H37IN4O2. The normalized spacial score (nSPS) is 21.0. The van der Waals surface area contributed by atoms with Gasteiger partial charge in [0.25, 0.3) is 0 Å². The van der Waals surface area contributed by atoms with Crippen molar-refractivity contribution in [1.29, 1.82) is 0 Å². The highest BCUT2D eigenvalue weighted by molar-refractivity contribution is 14.0. The number of hydrogen-bond acceptors (Lipinski definition) is 4. The van der Waals surface area contributed by atoms with Crippen LogP contribution in [0.3, 0.4) is 0 Å². The van der Waals surface area contributed by atoms with Gasteiger partial charge >= 0.3 is 0 Å². The van der Waals surface area contributed by atoms with Gasteiger partial charge in [0.15, 0.2) is 17.5 Å². The third-order valence-electron chi connectivity index (χ3n) is 6.19. The van der Waals surface area contributed by atoms with Gasteiger partial charge in [-0.15, -0.1) is 24.0 Å². The number of likely N-dealkylation sites (tertiary alicyclic amines) is 1. The minimum absolute atomic E-state index is 0. The lowest BCUT2D eigenvalue weighted by Gasteiger charge is -2.38. The molecule has 2 unspecified atom stereocenters. The first kappa shape index (κ1) is 25.6. The predicted molar refractivity (Wildman–Crippen MR) is 145 cm³/mol. The molecule has 0 amide bonds. The molecule has 33 heavy (non-hydrogen) atoms. The molecule has 0 spiro atoms. The number of piperidine rings is 1. The largest absolute Gasteiger partial charge is 0.490 e. The Morgan fingerprint density at radius 2 is 1.91 bits per heavy atom. The number of halogens is 1. The van der Waals surface area contributed by atoms with Crippen LogP contribution in [0, 0.1) is 0 Å². The fraction of sp³-hybridized carbons (Fsp3) is 0.500. The fourth-order valence-corrected chi connectivity index (χ4v) is 4.46. The SMILES string of the molecule is CCNC(=NCc1cccc2c1OCCCO2)NC1CCN(Cc2ccccc2)C(C)C1.I. The maximum atomic E-state index is 5.96. The summed E-state index contributed by atoms with van der Waals surface area (Å²) in [4.78, 5) is 7.45. The molecule has 2 aliphatic rings. The van der Waals surface area contributed by atoms with Gasteiger partial charge in [0.05, 0.1) is 19.8 Å². The van der Waals surface area contributed by atoms with Crippen molar-refractivity contribution < 1.29 is 9.47 Å². The third kappa shape index (κ3) is 7.24. The topological polar surface area (TPSA) is 58.1 Å². The van der Waals surface area contributed by atoms with E-state index in [0.717, 1.165) is 61.9 Å². The number of benzene rings is 2. The second kappa shape index (κ2) is 13.0. The lowest BCUT2D eigenvalue weighted by molar-refractivity contribution is 0.134. The van der Waals surface area contributed by atoms with E-state index in [9.17, 15) is 0 Å². The number of aliphatic imine (C=N–C) groups is 1. The minimum atomic E-state index is 0. The Morgan fingerprint density at radius 1 is 1.09 bits per heavy atom. The Balaban J connectivity index is 0.00000306. The second-order valence-electron chi connectivity index (χ2n) is 8.66. The van der Waals surface area contributed by atoms with E-state index in [0.29, 0.717) is 31.8 Å². The van der Waals surface area contributed by atoms with Crippen molar-refractivity contribution >= 4 is 29.9 Å². The highest BCUT2D eigenvalue weighted by Crippen LogP contribution is 2.33. The van der Waals surface area contributed by atoms with Crippen molar-refractivity contribution in [2.45, 2.75) is 58.3 Å². The number of nitrogens with one attached hydrogen (secondary N) is 2. The van der Waals surface area contributed by atoms with Gasteiger partial charge in [0.2, 0.25) is 0 Å². The zero-order chi connectivity index (χ0) is 22.2. The Kier molecular flexibility index (Phi) is 10.1. The summed E-state index contributed by atoms with van der Waals surface area (Å²) in [5, 5.41) is 7.09. The van der Waals surface area contributed by atoms with Gasteiger partial charge in [-0.3, -0.25) is 4.90 Å². The van der Waals surface area contributed by atoms with Crippen LogP contribution in [0.15, 0.2) is 53.5 Å². The summed E-state index contributed by atoms with van der Waals surface area (Å²) in [7, 11) is 0. The molecule has 0 radical (unpaired) electrons. The van der Waals surface area contributed by atoms with Crippen molar-refractivity contribution in [2.75, 3.05) is 26.3 Å². The molecule has 2 aromatic carbocycles. The molecule has 6 nitrogen and oxygen atoms in total.